The van der Waals surface area contributed by atoms with Gasteiger partial charge in [-0.2, -0.15) is 0 Å². The Kier molecular flexibility index (Phi) is 4.53. The molecule has 0 unspecified atom stereocenters. The van der Waals surface area contributed by atoms with E-state index in [2.05, 4.69) is 5.73 Å². The maximum absolute atomic E-state index is 5.23. The standard InChI is InChI=1S/C6H14BNO3/c8-3-1-2-4-9-7-10-5-6-11-7/h1-6,8H2/p+1. The van der Waals surface area contributed by atoms with E-state index in [9.17, 15) is 0 Å². The third kappa shape index (κ3) is 3.72. The molecule has 1 fully saturated rings. The summed E-state index contributed by atoms with van der Waals surface area (Å²) in [5, 5.41) is 0. The Morgan fingerprint density at radius 2 is 2.00 bits per heavy atom. The molecule has 3 N–H and O–H groups in total. The minimum Gasteiger partial charge on any atom is -0.386 e. The second-order valence-electron chi connectivity index (χ2n) is 2.46. The van der Waals surface area contributed by atoms with Crippen LogP contribution in [0.1, 0.15) is 12.8 Å². The SMILES string of the molecule is [NH3+]CCCCOB1OCCO1. The van der Waals surface area contributed by atoms with Gasteiger partial charge in [0.15, 0.2) is 0 Å². The molecule has 1 aliphatic heterocycles. The summed E-state index contributed by atoms with van der Waals surface area (Å²) >= 11 is 0. The average Bonchev–Trinajstić information content (AvgIpc) is 2.50. The van der Waals surface area contributed by atoms with Crippen LogP contribution < -0.4 is 5.73 Å². The average molecular weight is 160 g/mol. The molecule has 0 aromatic carbocycles. The van der Waals surface area contributed by atoms with Gasteiger partial charge in [0, 0.05) is 6.61 Å². The van der Waals surface area contributed by atoms with Crippen molar-refractivity contribution >= 4 is 7.32 Å². The minimum atomic E-state index is -0.403. The van der Waals surface area contributed by atoms with Crippen LogP contribution in [0.4, 0.5) is 0 Å². The Balaban J connectivity index is 1.86. The van der Waals surface area contributed by atoms with E-state index in [0.717, 1.165) is 19.4 Å². The van der Waals surface area contributed by atoms with Crippen LogP contribution in [0.2, 0.25) is 0 Å². The molecular formula is C6H15BNO3+. The van der Waals surface area contributed by atoms with Crippen LogP contribution in [-0.2, 0) is 14.0 Å². The van der Waals surface area contributed by atoms with Gasteiger partial charge in [-0.15, -0.1) is 0 Å². The van der Waals surface area contributed by atoms with Crippen LogP contribution in [0.3, 0.4) is 0 Å². The van der Waals surface area contributed by atoms with Crippen molar-refractivity contribution in [1.82, 2.24) is 0 Å². The molecule has 0 aromatic rings. The van der Waals surface area contributed by atoms with E-state index in [1.54, 1.807) is 0 Å². The second kappa shape index (κ2) is 5.54. The van der Waals surface area contributed by atoms with Crippen molar-refractivity contribution in [3.8, 4) is 0 Å². The van der Waals surface area contributed by atoms with Gasteiger partial charge in [0.1, 0.15) is 0 Å². The first-order valence-corrected chi connectivity index (χ1v) is 4.07. The molecule has 1 rings (SSSR count). The number of hydrogen-bond acceptors (Lipinski definition) is 3. The lowest BCUT2D eigenvalue weighted by Gasteiger charge is -2.03. The lowest BCUT2D eigenvalue weighted by Crippen LogP contribution is -2.50. The highest BCUT2D eigenvalue weighted by molar-refractivity contribution is 6.36. The number of hydrogen-bond donors (Lipinski definition) is 1. The van der Waals surface area contributed by atoms with Gasteiger partial charge in [0.25, 0.3) is 0 Å². The predicted octanol–water partition coefficient (Wildman–Crippen LogP) is -0.943. The molecule has 0 atom stereocenters. The maximum Gasteiger partial charge on any atom is 0.639 e. The van der Waals surface area contributed by atoms with Crippen LogP contribution in [0, 0.1) is 0 Å². The molecule has 1 aliphatic rings. The molecule has 0 saturated carbocycles. The molecule has 0 radical (unpaired) electrons. The van der Waals surface area contributed by atoms with Crippen molar-refractivity contribution in [2.45, 2.75) is 12.8 Å². The molecule has 1 heterocycles. The fourth-order valence-corrected chi connectivity index (χ4v) is 0.891. The summed E-state index contributed by atoms with van der Waals surface area (Å²) in [6.07, 6.45) is 2.14. The molecule has 0 amide bonds. The third-order valence-electron chi connectivity index (χ3n) is 1.49. The van der Waals surface area contributed by atoms with Crippen LogP contribution in [0.15, 0.2) is 0 Å². The lowest BCUT2D eigenvalue weighted by molar-refractivity contribution is -0.368. The topological polar surface area (TPSA) is 55.3 Å². The Labute approximate surface area is 67.2 Å². The minimum absolute atomic E-state index is 0.403. The van der Waals surface area contributed by atoms with Crippen LogP contribution in [-0.4, -0.2) is 33.7 Å². The van der Waals surface area contributed by atoms with Crippen molar-refractivity contribution in [3.05, 3.63) is 0 Å². The molecule has 5 heteroatoms. The van der Waals surface area contributed by atoms with E-state index in [0.29, 0.717) is 19.8 Å². The quantitative estimate of drug-likeness (QED) is 0.417. The zero-order chi connectivity index (χ0) is 7.94. The first-order valence-electron chi connectivity index (χ1n) is 4.07. The monoisotopic (exact) mass is 160 g/mol. The molecule has 64 valence electrons. The highest BCUT2D eigenvalue weighted by Crippen LogP contribution is 2.01. The van der Waals surface area contributed by atoms with Gasteiger partial charge >= 0.3 is 7.32 Å². The summed E-state index contributed by atoms with van der Waals surface area (Å²) in [5.41, 5.74) is 3.74. The Hall–Kier alpha value is -0.0951. The Bertz CT molecular complexity index is 97.8. The number of quaternary nitrogens is 1. The van der Waals surface area contributed by atoms with E-state index in [-0.39, 0.29) is 0 Å². The summed E-state index contributed by atoms with van der Waals surface area (Å²) in [5.74, 6) is 0. The van der Waals surface area contributed by atoms with Gasteiger partial charge < -0.3 is 19.7 Å². The molecule has 0 spiro atoms. The highest BCUT2D eigenvalue weighted by Gasteiger charge is 2.25. The fraction of sp³-hybridized carbons (Fsp3) is 1.00. The molecule has 0 aromatic heterocycles. The van der Waals surface area contributed by atoms with Crippen LogP contribution >= 0.6 is 0 Å². The van der Waals surface area contributed by atoms with Gasteiger partial charge in [-0.1, -0.05) is 0 Å². The number of unbranched alkanes of at least 4 members (excludes halogenated alkanes) is 1. The normalized spacial score (nSPS) is 17.7. The first kappa shape index (κ1) is 9.00. The van der Waals surface area contributed by atoms with E-state index in [4.69, 9.17) is 14.0 Å². The van der Waals surface area contributed by atoms with Crippen molar-refractivity contribution in [1.29, 1.82) is 0 Å². The second-order valence-corrected chi connectivity index (χ2v) is 2.46. The predicted molar refractivity (Wildman–Crippen MR) is 40.6 cm³/mol. The maximum atomic E-state index is 5.23. The van der Waals surface area contributed by atoms with Gasteiger partial charge in [0.05, 0.1) is 19.8 Å². The van der Waals surface area contributed by atoms with Crippen molar-refractivity contribution in [2.75, 3.05) is 26.4 Å². The van der Waals surface area contributed by atoms with E-state index in [1.165, 1.54) is 0 Å². The lowest BCUT2D eigenvalue weighted by atomic mass is 10.2. The first-order chi connectivity index (χ1) is 5.43. The van der Waals surface area contributed by atoms with Gasteiger partial charge in [0.2, 0.25) is 0 Å². The third-order valence-corrected chi connectivity index (χ3v) is 1.49. The number of rotatable bonds is 5. The van der Waals surface area contributed by atoms with E-state index < -0.39 is 7.32 Å². The summed E-state index contributed by atoms with van der Waals surface area (Å²) in [4.78, 5) is 0. The smallest absolute Gasteiger partial charge is 0.386 e. The highest BCUT2D eigenvalue weighted by atomic mass is 16.8. The largest absolute Gasteiger partial charge is 0.639 e. The van der Waals surface area contributed by atoms with Crippen LogP contribution in [0.25, 0.3) is 0 Å². The zero-order valence-corrected chi connectivity index (χ0v) is 6.75. The van der Waals surface area contributed by atoms with Crippen molar-refractivity contribution in [3.63, 3.8) is 0 Å². The molecular weight excluding hydrogens is 145 g/mol. The molecule has 4 nitrogen and oxygen atoms in total. The summed E-state index contributed by atoms with van der Waals surface area (Å²) in [7, 11) is -0.403. The molecule has 11 heavy (non-hydrogen) atoms. The fourth-order valence-electron chi connectivity index (χ4n) is 0.891. The van der Waals surface area contributed by atoms with E-state index >= 15 is 0 Å². The Morgan fingerprint density at radius 3 is 2.64 bits per heavy atom. The summed E-state index contributed by atoms with van der Waals surface area (Å²) in [6, 6.07) is 0. The van der Waals surface area contributed by atoms with E-state index in [1.807, 2.05) is 0 Å². The molecule has 0 aliphatic carbocycles. The van der Waals surface area contributed by atoms with Gasteiger partial charge in [-0.3, -0.25) is 0 Å². The Morgan fingerprint density at radius 1 is 1.27 bits per heavy atom. The van der Waals surface area contributed by atoms with Gasteiger partial charge in [-0.25, -0.2) is 0 Å². The van der Waals surface area contributed by atoms with Crippen LogP contribution in [0.5, 0.6) is 0 Å². The zero-order valence-electron chi connectivity index (χ0n) is 6.75. The molecule has 0 bridgehead atoms. The summed E-state index contributed by atoms with van der Waals surface area (Å²) < 4.78 is 15.4. The summed E-state index contributed by atoms with van der Waals surface area (Å²) in [6.45, 7) is 2.98. The molecule has 1 saturated heterocycles. The van der Waals surface area contributed by atoms with Crippen molar-refractivity contribution < 1.29 is 19.7 Å². The van der Waals surface area contributed by atoms with Crippen molar-refractivity contribution in [2.24, 2.45) is 0 Å². The van der Waals surface area contributed by atoms with Gasteiger partial charge in [-0.05, 0) is 12.8 Å².